The van der Waals surface area contributed by atoms with Gasteiger partial charge >= 0.3 is 0 Å². The Morgan fingerprint density at radius 3 is 2.65 bits per heavy atom. The molecule has 2 heterocycles. The fourth-order valence-corrected chi connectivity index (χ4v) is 3.82. The van der Waals surface area contributed by atoms with E-state index < -0.39 is 12.5 Å². The van der Waals surface area contributed by atoms with Crippen molar-refractivity contribution in [3.63, 3.8) is 0 Å². The molecule has 0 saturated carbocycles. The molecule has 0 aliphatic rings. The lowest BCUT2D eigenvalue weighted by Crippen LogP contribution is -2.34. The summed E-state index contributed by atoms with van der Waals surface area (Å²) < 4.78 is 24.6. The fraction of sp³-hybridized carbons (Fsp3) is 0.269. The van der Waals surface area contributed by atoms with Crippen LogP contribution in [0, 0.1) is 5.82 Å². The van der Waals surface area contributed by atoms with Crippen LogP contribution in [0.2, 0.25) is 0 Å². The summed E-state index contributed by atoms with van der Waals surface area (Å²) in [5, 5.41) is 25.1. The number of nitrogens with zero attached hydrogens (tertiary/aromatic N) is 1. The molecule has 0 amide bonds. The molecule has 0 saturated heterocycles. The Kier molecular flexibility index (Phi) is 7.42. The first-order chi connectivity index (χ1) is 16.5. The minimum Gasteiger partial charge on any atom is -0.493 e. The van der Waals surface area contributed by atoms with Crippen LogP contribution in [0.4, 0.5) is 4.39 Å². The van der Waals surface area contributed by atoms with Crippen molar-refractivity contribution in [3.8, 4) is 22.8 Å². The molecule has 0 radical (unpaired) electrons. The molecule has 7 nitrogen and oxygen atoms in total. The molecule has 4 rings (SSSR count). The van der Waals surface area contributed by atoms with Crippen LogP contribution in [-0.4, -0.2) is 40.1 Å². The molecule has 34 heavy (non-hydrogen) atoms. The van der Waals surface area contributed by atoms with Gasteiger partial charge in [-0.1, -0.05) is 13.0 Å². The molecule has 2 aromatic heterocycles. The molecule has 178 valence electrons. The molecule has 4 aromatic rings. The largest absolute Gasteiger partial charge is 0.493 e. The molecule has 0 aliphatic carbocycles. The van der Waals surface area contributed by atoms with Crippen LogP contribution in [0.3, 0.4) is 0 Å². The lowest BCUT2D eigenvalue weighted by Gasteiger charge is -2.21. The summed E-state index contributed by atoms with van der Waals surface area (Å²) in [6.45, 7) is 2.49. The number of nitrogens with one attached hydrogen (secondary N) is 2. The van der Waals surface area contributed by atoms with E-state index in [-0.39, 0.29) is 12.2 Å². The van der Waals surface area contributed by atoms with E-state index >= 15 is 0 Å². The summed E-state index contributed by atoms with van der Waals surface area (Å²) in [7, 11) is 1.56. The third-order valence-electron chi connectivity index (χ3n) is 5.54. The van der Waals surface area contributed by atoms with Crippen molar-refractivity contribution in [1.29, 1.82) is 0 Å². The molecular formula is C26H28FN3O4. The summed E-state index contributed by atoms with van der Waals surface area (Å²) >= 11 is 0. The monoisotopic (exact) mass is 465 g/mol. The van der Waals surface area contributed by atoms with Gasteiger partial charge in [-0.05, 0) is 53.9 Å². The minimum atomic E-state index is -1.20. The number of hydrogen-bond donors (Lipinski definition) is 4. The van der Waals surface area contributed by atoms with E-state index in [1.165, 1.54) is 12.1 Å². The van der Waals surface area contributed by atoms with Crippen molar-refractivity contribution in [2.75, 3.05) is 13.7 Å². The van der Waals surface area contributed by atoms with Crippen LogP contribution in [-0.2, 0) is 6.42 Å². The second-order valence-electron chi connectivity index (χ2n) is 7.98. The summed E-state index contributed by atoms with van der Waals surface area (Å²) in [6.07, 6.45) is 2.13. The van der Waals surface area contributed by atoms with Gasteiger partial charge in [0.1, 0.15) is 24.0 Å². The maximum absolute atomic E-state index is 13.7. The average Bonchev–Trinajstić information content (AvgIpc) is 3.24. The van der Waals surface area contributed by atoms with Crippen LogP contribution < -0.4 is 14.8 Å². The number of aromatic amines is 1. The Hall–Kier alpha value is -3.46. The van der Waals surface area contributed by atoms with Gasteiger partial charge in [0.2, 0.25) is 5.88 Å². The highest BCUT2D eigenvalue weighted by Gasteiger charge is 2.19. The second-order valence-corrected chi connectivity index (χ2v) is 7.98. The van der Waals surface area contributed by atoms with Crippen molar-refractivity contribution < 1.29 is 24.1 Å². The quantitative estimate of drug-likeness (QED) is 0.261. The standard InChI is InChI=1S/C26H28FN3O4/c1-3-10-34-23-8-4-16(17-5-9-25(33-2)29-14-17)11-21(23)26(32)30-24(31)12-18-15-28-22-7-6-19(27)13-20(18)22/h4-9,11,13-15,24,26,28,30-32H,3,10,12H2,1-2H3. The van der Waals surface area contributed by atoms with E-state index in [1.807, 2.05) is 19.1 Å². The normalized spacial score (nSPS) is 13.1. The highest BCUT2D eigenvalue weighted by molar-refractivity contribution is 5.83. The van der Waals surface area contributed by atoms with Gasteiger partial charge in [-0.2, -0.15) is 0 Å². The molecule has 0 aliphatic heterocycles. The zero-order valence-corrected chi connectivity index (χ0v) is 19.1. The van der Waals surface area contributed by atoms with Crippen molar-refractivity contribution in [2.24, 2.45) is 0 Å². The van der Waals surface area contributed by atoms with Gasteiger partial charge in [0.25, 0.3) is 0 Å². The number of halogens is 1. The third-order valence-corrected chi connectivity index (χ3v) is 5.54. The zero-order chi connectivity index (χ0) is 24.1. The van der Waals surface area contributed by atoms with Crippen molar-refractivity contribution in [3.05, 3.63) is 77.9 Å². The Morgan fingerprint density at radius 2 is 1.91 bits per heavy atom. The van der Waals surface area contributed by atoms with Gasteiger partial charge in [0.15, 0.2) is 0 Å². The van der Waals surface area contributed by atoms with Gasteiger partial charge in [-0.15, -0.1) is 0 Å². The minimum absolute atomic E-state index is 0.174. The van der Waals surface area contributed by atoms with Crippen molar-refractivity contribution in [1.82, 2.24) is 15.3 Å². The smallest absolute Gasteiger partial charge is 0.212 e. The number of rotatable bonds is 10. The first kappa shape index (κ1) is 23.7. The number of methoxy groups -OCH3 is 1. The second kappa shape index (κ2) is 10.6. The van der Waals surface area contributed by atoms with E-state index in [9.17, 15) is 14.6 Å². The van der Waals surface area contributed by atoms with Gasteiger partial charge in [0.05, 0.1) is 13.7 Å². The Bertz CT molecular complexity index is 1240. The maximum Gasteiger partial charge on any atom is 0.212 e. The van der Waals surface area contributed by atoms with Gasteiger partial charge in [-0.25, -0.2) is 9.37 Å². The first-order valence-electron chi connectivity index (χ1n) is 11.1. The number of aliphatic hydroxyl groups excluding tert-OH is 2. The number of fused-ring (bicyclic) bond motifs is 1. The molecule has 8 heteroatoms. The highest BCUT2D eigenvalue weighted by atomic mass is 19.1. The number of H-pyrrole nitrogens is 1. The van der Waals surface area contributed by atoms with Crippen LogP contribution >= 0.6 is 0 Å². The number of pyridine rings is 1. The molecule has 0 fully saturated rings. The molecule has 2 unspecified atom stereocenters. The molecular weight excluding hydrogens is 437 g/mol. The molecule has 4 N–H and O–H groups in total. The first-order valence-corrected chi connectivity index (χ1v) is 11.1. The fourth-order valence-electron chi connectivity index (χ4n) is 3.82. The zero-order valence-electron chi connectivity index (χ0n) is 19.1. The van der Waals surface area contributed by atoms with E-state index in [4.69, 9.17) is 9.47 Å². The molecule has 2 atom stereocenters. The maximum atomic E-state index is 13.7. The number of benzene rings is 2. The summed E-state index contributed by atoms with van der Waals surface area (Å²) in [6, 6.07) is 13.6. The van der Waals surface area contributed by atoms with Crippen LogP contribution in [0.15, 0.2) is 60.9 Å². The molecule has 0 spiro atoms. The van der Waals surface area contributed by atoms with Crippen molar-refractivity contribution in [2.45, 2.75) is 32.2 Å². The highest BCUT2D eigenvalue weighted by Crippen LogP contribution is 2.31. The van der Waals surface area contributed by atoms with Crippen molar-refractivity contribution >= 4 is 10.9 Å². The number of aromatic nitrogens is 2. The van der Waals surface area contributed by atoms with Crippen LogP contribution in [0.25, 0.3) is 22.0 Å². The lowest BCUT2D eigenvalue weighted by molar-refractivity contribution is 0.0406. The molecule has 0 bridgehead atoms. The van der Waals surface area contributed by atoms with Gasteiger partial charge in [-0.3, -0.25) is 5.32 Å². The predicted molar refractivity (Wildman–Crippen MR) is 128 cm³/mol. The van der Waals surface area contributed by atoms with E-state index in [0.717, 1.165) is 28.6 Å². The lowest BCUT2D eigenvalue weighted by atomic mass is 10.0. The Labute approximate surface area is 197 Å². The topological polar surface area (TPSA) is 99.6 Å². The molecule has 2 aromatic carbocycles. The number of aliphatic hydroxyl groups is 2. The third kappa shape index (κ3) is 5.36. The van der Waals surface area contributed by atoms with Gasteiger partial charge < -0.3 is 24.7 Å². The summed E-state index contributed by atoms with van der Waals surface area (Å²) in [4.78, 5) is 7.31. The summed E-state index contributed by atoms with van der Waals surface area (Å²) in [5.41, 5.74) is 3.68. The Morgan fingerprint density at radius 1 is 1.09 bits per heavy atom. The Balaban J connectivity index is 1.55. The van der Waals surface area contributed by atoms with E-state index in [0.29, 0.717) is 29.2 Å². The number of hydrogen-bond acceptors (Lipinski definition) is 6. The van der Waals surface area contributed by atoms with Crippen LogP contribution in [0.1, 0.15) is 30.7 Å². The number of ether oxygens (including phenoxy) is 2. The SMILES string of the molecule is CCCOc1ccc(-c2ccc(OC)nc2)cc1C(O)NC(O)Cc1c[nH]c2ccc(F)cc12. The summed E-state index contributed by atoms with van der Waals surface area (Å²) in [5.74, 6) is 0.681. The van der Waals surface area contributed by atoms with E-state index in [1.54, 1.807) is 43.8 Å². The van der Waals surface area contributed by atoms with Gasteiger partial charge in [0, 0.05) is 46.9 Å². The predicted octanol–water partition coefficient (Wildman–Crippen LogP) is 4.31. The average molecular weight is 466 g/mol. The van der Waals surface area contributed by atoms with E-state index in [2.05, 4.69) is 15.3 Å². The van der Waals surface area contributed by atoms with Crippen LogP contribution in [0.5, 0.6) is 11.6 Å².